The first-order chi connectivity index (χ1) is 11.9. The van der Waals surface area contributed by atoms with Gasteiger partial charge in [0.2, 0.25) is 10.0 Å². The zero-order valence-corrected chi connectivity index (χ0v) is 15.7. The molecule has 2 aliphatic rings. The maximum Gasteiger partial charge on any atom is 0.253 e. The van der Waals surface area contributed by atoms with Gasteiger partial charge in [-0.1, -0.05) is 6.92 Å². The van der Waals surface area contributed by atoms with Crippen molar-refractivity contribution in [3.63, 3.8) is 0 Å². The molecule has 7 heteroatoms. The average Bonchev–Trinajstić information content (AvgIpc) is 3.17. The first-order valence-electron chi connectivity index (χ1n) is 8.91. The third kappa shape index (κ3) is 3.67. The Bertz CT molecular complexity index is 733. The lowest BCUT2D eigenvalue weighted by Crippen LogP contribution is -2.38. The molecule has 138 valence electrons. The number of amides is 1. The van der Waals surface area contributed by atoms with Gasteiger partial charge in [0.1, 0.15) is 10.6 Å². The van der Waals surface area contributed by atoms with Crippen LogP contribution in [0.4, 0.5) is 0 Å². The van der Waals surface area contributed by atoms with E-state index < -0.39 is 10.0 Å². The first kappa shape index (κ1) is 18.2. The Morgan fingerprint density at radius 1 is 1.12 bits per heavy atom. The summed E-state index contributed by atoms with van der Waals surface area (Å²) < 4.78 is 32.6. The molecule has 2 fully saturated rings. The lowest BCUT2D eigenvalue weighted by Gasteiger charge is -2.30. The van der Waals surface area contributed by atoms with Crippen LogP contribution in [-0.2, 0) is 10.0 Å². The molecule has 2 saturated heterocycles. The molecule has 0 unspecified atom stereocenters. The van der Waals surface area contributed by atoms with Gasteiger partial charge in [0.15, 0.2) is 0 Å². The van der Waals surface area contributed by atoms with Crippen LogP contribution < -0.4 is 4.74 Å². The second kappa shape index (κ2) is 7.33. The number of nitrogens with zero attached hydrogens (tertiary/aromatic N) is 2. The maximum absolute atomic E-state index is 12.9. The molecule has 0 radical (unpaired) electrons. The van der Waals surface area contributed by atoms with E-state index in [1.165, 1.54) is 17.5 Å². The lowest BCUT2D eigenvalue weighted by atomic mass is 9.98. The van der Waals surface area contributed by atoms with Crippen LogP contribution >= 0.6 is 0 Å². The number of sulfonamides is 1. The molecule has 1 aromatic carbocycles. The van der Waals surface area contributed by atoms with Crippen molar-refractivity contribution in [1.29, 1.82) is 0 Å². The van der Waals surface area contributed by atoms with Crippen molar-refractivity contribution in [2.24, 2.45) is 5.92 Å². The van der Waals surface area contributed by atoms with Gasteiger partial charge in [0.05, 0.1) is 7.11 Å². The van der Waals surface area contributed by atoms with Gasteiger partial charge in [0.25, 0.3) is 5.91 Å². The average molecular weight is 366 g/mol. The largest absolute Gasteiger partial charge is 0.495 e. The fourth-order valence-corrected chi connectivity index (χ4v) is 5.17. The van der Waals surface area contributed by atoms with Crippen molar-refractivity contribution in [3.8, 4) is 5.75 Å². The molecule has 2 heterocycles. The van der Waals surface area contributed by atoms with E-state index in [0.717, 1.165) is 38.8 Å². The molecule has 0 N–H and O–H groups in total. The van der Waals surface area contributed by atoms with Crippen molar-refractivity contribution < 1.29 is 17.9 Å². The molecule has 0 aromatic heterocycles. The zero-order chi connectivity index (χ0) is 18.0. The van der Waals surface area contributed by atoms with E-state index in [4.69, 9.17) is 4.74 Å². The van der Waals surface area contributed by atoms with E-state index in [9.17, 15) is 13.2 Å². The second-order valence-corrected chi connectivity index (χ2v) is 8.86. The van der Waals surface area contributed by atoms with Crippen LogP contribution in [0, 0.1) is 5.92 Å². The second-order valence-electron chi connectivity index (χ2n) is 6.95. The Morgan fingerprint density at radius 3 is 2.36 bits per heavy atom. The van der Waals surface area contributed by atoms with Crippen LogP contribution in [0.25, 0.3) is 0 Å². The van der Waals surface area contributed by atoms with Crippen molar-refractivity contribution in [2.75, 3.05) is 33.3 Å². The highest BCUT2D eigenvalue weighted by Gasteiger charge is 2.31. The standard InChI is InChI=1S/C18H26N2O4S/c1-14-7-11-19(12-8-14)18(21)15-5-6-16(24-2)17(13-15)25(22,23)20-9-3-4-10-20/h5-6,13-14H,3-4,7-12H2,1-2H3. The third-order valence-electron chi connectivity index (χ3n) is 5.16. The highest BCUT2D eigenvalue weighted by Crippen LogP contribution is 2.30. The smallest absolute Gasteiger partial charge is 0.253 e. The Balaban J connectivity index is 1.91. The maximum atomic E-state index is 12.9. The van der Waals surface area contributed by atoms with Gasteiger partial charge >= 0.3 is 0 Å². The molecule has 0 saturated carbocycles. The molecule has 0 bridgehead atoms. The SMILES string of the molecule is COc1ccc(C(=O)N2CCC(C)CC2)cc1S(=O)(=O)N1CCCC1. The number of benzene rings is 1. The number of piperidine rings is 1. The number of hydrogen-bond donors (Lipinski definition) is 0. The van der Waals surface area contributed by atoms with Gasteiger partial charge in [-0.3, -0.25) is 4.79 Å². The van der Waals surface area contributed by atoms with E-state index in [1.54, 1.807) is 12.1 Å². The molecule has 0 spiro atoms. The fraction of sp³-hybridized carbons (Fsp3) is 0.611. The Kier molecular flexibility index (Phi) is 5.34. The highest BCUT2D eigenvalue weighted by atomic mass is 32.2. The molecule has 1 amide bonds. The minimum atomic E-state index is -3.64. The van der Waals surface area contributed by atoms with Crippen LogP contribution in [0.2, 0.25) is 0 Å². The molecular formula is C18H26N2O4S. The summed E-state index contributed by atoms with van der Waals surface area (Å²) in [6, 6.07) is 4.72. The summed E-state index contributed by atoms with van der Waals surface area (Å²) >= 11 is 0. The summed E-state index contributed by atoms with van der Waals surface area (Å²) in [7, 11) is -2.19. The van der Waals surface area contributed by atoms with Crippen LogP contribution in [0.1, 0.15) is 43.0 Å². The summed E-state index contributed by atoms with van der Waals surface area (Å²) in [5.41, 5.74) is 0.410. The first-order valence-corrected chi connectivity index (χ1v) is 10.3. The summed E-state index contributed by atoms with van der Waals surface area (Å²) in [4.78, 5) is 14.7. The number of methoxy groups -OCH3 is 1. The number of carbonyl (C=O) groups excluding carboxylic acids is 1. The van der Waals surface area contributed by atoms with E-state index in [0.29, 0.717) is 24.6 Å². The summed E-state index contributed by atoms with van der Waals surface area (Å²) in [6.07, 6.45) is 3.71. The molecule has 6 nitrogen and oxygen atoms in total. The van der Waals surface area contributed by atoms with Crippen LogP contribution in [0.15, 0.2) is 23.1 Å². The highest BCUT2D eigenvalue weighted by molar-refractivity contribution is 7.89. The van der Waals surface area contributed by atoms with Gasteiger partial charge in [0, 0.05) is 31.7 Å². The summed E-state index contributed by atoms with van der Waals surface area (Å²) in [6.45, 7) is 4.68. The number of carbonyl (C=O) groups is 1. The minimum absolute atomic E-state index is 0.0909. The minimum Gasteiger partial charge on any atom is -0.495 e. The molecule has 3 rings (SSSR count). The van der Waals surface area contributed by atoms with Crippen molar-refractivity contribution in [3.05, 3.63) is 23.8 Å². The molecule has 0 atom stereocenters. The van der Waals surface area contributed by atoms with Crippen LogP contribution in [0.5, 0.6) is 5.75 Å². The van der Waals surface area contributed by atoms with Gasteiger partial charge in [-0.05, 0) is 49.8 Å². The molecule has 2 aliphatic heterocycles. The summed E-state index contributed by atoms with van der Waals surface area (Å²) in [5.74, 6) is 0.814. The van der Waals surface area contributed by atoms with Gasteiger partial charge in [-0.25, -0.2) is 8.42 Å². The Morgan fingerprint density at radius 2 is 1.76 bits per heavy atom. The number of rotatable bonds is 4. The molecule has 1 aromatic rings. The predicted octanol–water partition coefficient (Wildman–Crippen LogP) is 2.35. The summed E-state index contributed by atoms with van der Waals surface area (Å²) in [5, 5.41) is 0. The van der Waals surface area contributed by atoms with Crippen LogP contribution in [0.3, 0.4) is 0 Å². The number of likely N-dealkylation sites (tertiary alicyclic amines) is 1. The zero-order valence-electron chi connectivity index (χ0n) is 14.9. The number of ether oxygens (including phenoxy) is 1. The quantitative estimate of drug-likeness (QED) is 0.820. The van der Waals surface area contributed by atoms with Crippen molar-refractivity contribution in [1.82, 2.24) is 9.21 Å². The normalized spacial score (nSPS) is 20.0. The Labute approximate surface area is 149 Å². The third-order valence-corrected chi connectivity index (χ3v) is 7.08. The Hall–Kier alpha value is -1.60. The topological polar surface area (TPSA) is 66.9 Å². The van der Waals surface area contributed by atoms with Crippen LogP contribution in [-0.4, -0.2) is 56.8 Å². The lowest BCUT2D eigenvalue weighted by molar-refractivity contribution is 0.0697. The van der Waals surface area contributed by atoms with Crippen molar-refractivity contribution in [2.45, 2.75) is 37.5 Å². The number of hydrogen-bond acceptors (Lipinski definition) is 4. The predicted molar refractivity (Wildman–Crippen MR) is 95.3 cm³/mol. The van der Waals surface area contributed by atoms with E-state index in [-0.39, 0.29) is 16.6 Å². The molecule has 25 heavy (non-hydrogen) atoms. The van der Waals surface area contributed by atoms with E-state index in [2.05, 4.69) is 6.92 Å². The monoisotopic (exact) mass is 366 g/mol. The van der Waals surface area contributed by atoms with Gasteiger partial charge in [-0.15, -0.1) is 0 Å². The molecular weight excluding hydrogens is 340 g/mol. The fourth-order valence-electron chi connectivity index (χ4n) is 3.47. The van der Waals surface area contributed by atoms with E-state index >= 15 is 0 Å². The van der Waals surface area contributed by atoms with E-state index in [1.807, 2.05) is 4.90 Å². The van der Waals surface area contributed by atoms with Gasteiger partial charge < -0.3 is 9.64 Å². The van der Waals surface area contributed by atoms with Crippen molar-refractivity contribution >= 4 is 15.9 Å². The van der Waals surface area contributed by atoms with Gasteiger partial charge in [-0.2, -0.15) is 4.31 Å². The molecule has 0 aliphatic carbocycles.